The molecule has 0 aliphatic rings. The number of ether oxygens (including phenoxy) is 1. The molecule has 5 nitrogen and oxygen atoms in total. The number of imidazole rings is 1. The molecule has 0 radical (unpaired) electrons. The highest BCUT2D eigenvalue weighted by Gasteiger charge is 2.13. The van der Waals surface area contributed by atoms with E-state index in [1.54, 1.807) is 11.3 Å². The molecule has 1 aromatic carbocycles. The second kappa shape index (κ2) is 6.83. The molecule has 0 aliphatic carbocycles. The Morgan fingerprint density at radius 3 is 3.13 bits per heavy atom. The monoisotopic (exact) mass is 329 g/mol. The number of rotatable bonds is 6. The Labute approximate surface area is 138 Å². The minimum Gasteiger partial charge on any atom is -0.494 e. The summed E-state index contributed by atoms with van der Waals surface area (Å²) in [4.78, 5) is 17.6. The Morgan fingerprint density at radius 2 is 2.35 bits per heavy atom. The highest BCUT2D eigenvalue weighted by Crippen LogP contribution is 2.19. The first-order chi connectivity index (χ1) is 11.2. The summed E-state index contributed by atoms with van der Waals surface area (Å²) in [5.74, 6) is 0.783. The number of carbonyl (C=O) groups excluding carboxylic acids is 1. The number of fused-ring (bicyclic) bond motifs is 1. The third-order valence-electron chi connectivity index (χ3n) is 3.53. The van der Waals surface area contributed by atoms with Gasteiger partial charge in [-0.2, -0.15) is 0 Å². The number of nitrogens with one attached hydrogen (secondary N) is 1. The Bertz CT molecular complexity index is 780. The van der Waals surface area contributed by atoms with Gasteiger partial charge in [-0.15, -0.1) is 11.3 Å². The Hall–Kier alpha value is -2.34. The predicted octanol–water partition coefficient (Wildman–Crippen LogP) is 3.21. The first-order valence-electron chi connectivity index (χ1n) is 7.59. The molecule has 1 N–H and O–H groups in total. The number of aromatic nitrogens is 2. The van der Waals surface area contributed by atoms with Crippen molar-refractivity contribution in [2.75, 3.05) is 6.61 Å². The summed E-state index contributed by atoms with van der Waals surface area (Å²) in [5.41, 5.74) is 1.81. The van der Waals surface area contributed by atoms with Gasteiger partial charge in [0.05, 0.1) is 24.8 Å². The molecule has 1 amide bonds. The second-order valence-corrected chi connectivity index (χ2v) is 6.17. The molecule has 2 aromatic heterocycles. The molecule has 23 heavy (non-hydrogen) atoms. The molecule has 0 fully saturated rings. The molecule has 0 saturated heterocycles. The number of amides is 1. The first kappa shape index (κ1) is 15.6. The van der Waals surface area contributed by atoms with Crippen molar-refractivity contribution in [3.8, 4) is 5.75 Å². The number of nitrogens with zero attached hydrogens (tertiary/aromatic N) is 2. The van der Waals surface area contributed by atoms with Gasteiger partial charge in [0, 0.05) is 17.8 Å². The average molecular weight is 329 g/mol. The fourth-order valence-corrected chi connectivity index (χ4v) is 3.16. The van der Waals surface area contributed by atoms with Crippen molar-refractivity contribution in [3.05, 3.63) is 53.3 Å². The lowest BCUT2D eigenvalue weighted by atomic mass is 10.1. The van der Waals surface area contributed by atoms with Gasteiger partial charge >= 0.3 is 0 Å². The zero-order chi connectivity index (χ0) is 16.2. The lowest BCUT2D eigenvalue weighted by Gasteiger charge is -2.15. The summed E-state index contributed by atoms with van der Waals surface area (Å²) >= 11 is 1.56. The number of thiazole rings is 1. The van der Waals surface area contributed by atoms with Gasteiger partial charge in [-0.05, 0) is 31.5 Å². The van der Waals surface area contributed by atoms with E-state index >= 15 is 0 Å². The van der Waals surface area contributed by atoms with Gasteiger partial charge in [-0.25, -0.2) is 4.98 Å². The van der Waals surface area contributed by atoms with Gasteiger partial charge in [0.15, 0.2) is 4.96 Å². The maximum Gasteiger partial charge on any atom is 0.226 e. The van der Waals surface area contributed by atoms with Gasteiger partial charge in [0.1, 0.15) is 5.75 Å². The van der Waals surface area contributed by atoms with Crippen LogP contribution in [0, 0.1) is 0 Å². The molecule has 0 bridgehead atoms. The molecule has 3 aromatic rings. The quantitative estimate of drug-likeness (QED) is 0.755. The summed E-state index contributed by atoms with van der Waals surface area (Å²) in [6.07, 6.45) is 4.12. The van der Waals surface area contributed by atoms with E-state index in [-0.39, 0.29) is 18.4 Å². The summed E-state index contributed by atoms with van der Waals surface area (Å²) in [6.45, 7) is 4.55. The smallest absolute Gasteiger partial charge is 0.226 e. The molecule has 6 heteroatoms. The van der Waals surface area contributed by atoms with E-state index in [1.807, 2.05) is 60.3 Å². The highest BCUT2D eigenvalue weighted by molar-refractivity contribution is 7.15. The molecule has 0 aliphatic heterocycles. The SMILES string of the molecule is CCOc1cccc([C@@H](C)NC(=O)Cc2cn3ccsc3n2)c1. The van der Waals surface area contributed by atoms with E-state index in [1.165, 1.54) is 0 Å². The minimum atomic E-state index is -0.0772. The molecule has 1 atom stereocenters. The Balaban J connectivity index is 1.62. The molecule has 3 rings (SSSR count). The number of hydrogen-bond acceptors (Lipinski definition) is 4. The van der Waals surface area contributed by atoms with Crippen LogP contribution in [0.3, 0.4) is 0 Å². The van der Waals surface area contributed by atoms with Crippen molar-refractivity contribution in [1.29, 1.82) is 0 Å². The third-order valence-corrected chi connectivity index (χ3v) is 4.30. The first-order valence-corrected chi connectivity index (χ1v) is 8.47. The third kappa shape index (κ3) is 3.71. The molecule has 0 saturated carbocycles. The summed E-state index contributed by atoms with van der Waals surface area (Å²) < 4.78 is 7.43. The summed E-state index contributed by atoms with van der Waals surface area (Å²) in [6, 6.07) is 7.72. The van der Waals surface area contributed by atoms with Gasteiger partial charge in [-0.1, -0.05) is 12.1 Å². The highest BCUT2D eigenvalue weighted by atomic mass is 32.1. The van der Waals surface area contributed by atoms with Crippen LogP contribution in [0.4, 0.5) is 0 Å². The zero-order valence-corrected chi connectivity index (χ0v) is 14.0. The van der Waals surface area contributed by atoms with Gasteiger partial charge in [-0.3, -0.25) is 9.20 Å². The molecule has 2 heterocycles. The van der Waals surface area contributed by atoms with Crippen LogP contribution in [-0.2, 0) is 11.2 Å². The van der Waals surface area contributed by atoms with Crippen molar-refractivity contribution in [2.45, 2.75) is 26.3 Å². The Morgan fingerprint density at radius 1 is 1.48 bits per heavy atom. The van der Waals surface area contributed by atoms with Crippen LogP contribution in [0.5, 0.6) is 5.75 Å². The van der Waals surface area contributed by atoms with Gasteiger partial charge in [0.25, 0.3) is 0 Å². The lowest BCUT2D eigenvalue weighted by Crippen LogP contribution is -2.28. The molecule has 120 valence electrons. The predicted molar refractivity (Wildman–Crippen MR) is 90.9 cm³/mol. The van der Waals surface area contributed by atoms with Crippen molar-refractivity contribution in [1.82, 2.24) is 14.7 Å². The fourth-order valence-electron chi connectivity index (χ4n) is 2.44. The summed E-state index contributed by atoms with van der Waals surface area (Å²) in [7, 11) is 0. The standard InChI is InChI=1S/C17H19N3O2S/c1-3-22-15-6-4-5-13(9-15)12(2)18-16(21)10-14-11-20-7-8-23-17(20)19-14/h4-9,11-12H,3,10H2,1-2H3,(H,18,21)/t12-/m1/s1. The maximum atomic E-state index is 12.2. The second-order valence-electron chi connectivity index (χ2n) is 5.30. The number of carbonyl (C=O) groups is 1. The fraction of sp³-hybridized carbons (Fsp3) is 0.294. The van der Waals surface area contributed by atoms with E-state index in [0.29, 0.717) is 6.61 Å². The number of benzene rings is 1. The van der Waals surface area contributed by atoms with E-state index in [0.717, 1.165) is 22.0 Å². The van der Waals surface area contributed by atoms with Crippen LogP contribution in [0.25, 0.3) is 4.96 Å². The lowest BCUT2D eigenvalue weighted by molar-refractivity contribution is -0.121. The largest absolute Gasteiger partial charge is 0.494 e. The Kier molecular flexibility index (Phi) is 4.62. The van der Waals surface area contributed by atoms with Crippen molar-refractivity contribution < 1.29 is 9.53 Å². The molecular formula is C17H19N3O2S. The van der Waals surface area contributed by atoms with E-state index < -0.39 is 0 Å². The van der Waals surface area contributed by atoms with Crippen molar-refractivity contribution in [2.24, 2.45) is 0 Å². The summed E-state index contributed by atoms with van der Waals surface area (Å²) in [5, 5.41) is 4.98. The molecule has 0 unspecified atom stereocenters. The van der Waals surface area contributed by atoms with Crippen LogP contribution < -0.4 is 10.1 Å². The maximum absolute atomic E-state index is 12.2. The topological polar surface area (TPSA) is 55.6 Å². The van der Waals surface area contributed by atoms with Crippen LogP contribution in [-0.4, -0.2) is 21.9 Å². The van der Waals surface area contributed by atoms with E-state index in [9.17, 15) is 4.79 Å². The molecular weight excluding hydrogens is 310 g/mol. The normalized spacial score (nSPS) is 12.3. The van der Waals surface area contributed by atoms with E-state index in [4.69, 9.17) is 4.74 Å². The van der Waals surface area contributed by atoms with Crippen LogP contribution >= 0.6 is 11.3 Å². The van der Waals surface area contributed by atoms with Gasteiger partial charge < -0.3 is 10.1 Å². The van der Waals surface area contributed by atoms with Crippen LogP contribution in [0.1, 0.15) is 31.1 Å². The molecule has 0 spiro atoms. The van der Waals surface area contributed by atoms with Crippen molar-refractivity contribution >= 4 is 22.2 Å². The van der Waals surface area contributed by atoms with Crippen molar-refractivity contribution in [3.63, 3.8) is 0 Å². The van der Waals surface area contributed by atoms with Crippen LogP contribution in [0.15, 0.2) is 42.0 Å². The minimum absolute atomic E-state index is 0.0370. The van der Waals surface area contributed by atoms with E-state index in [2.05, 4.69) is 10.3 Å². The number of hydrogen-bond donors (Lipinski definition) is 1. The average Bonchev–Trinajstić information content (AvgIpc) is 3.09. The van der Waals surface area contributed by atoms with Crippen LogP contribution in [0.2, 0.25) is 0 Å². The zero-order valence-electron chi connectivity index (χ0n) is 13.2. The van der Waals surface area contributed by atoms with Gasteiger partial charge in [0.2, 0.25) is 5.91 Å².